The van der Waals surface area contributed by atoms with Crippen molar-refractivity contribution < 1.29 is 22.7 Å². The van der Waals surface area contributed by atoms with Crippen LogP contribution in [0, 0.1) is 6.92 Å². The first-order chi connectivity index (χ1) is 15.1. The molecule has 1 atom stereocenters. The fourth-order valence-electron chi connectivity index (χ4n) is 3.22. The molecule has 0 aliphatic rings. The maximum Gasteiger partial charge on any atom is 0.417 e. The minimum atomic E-state index is -4.46. The number of nitrogens with zero attached hydrogens (tertiary/aromatic N) is 5. The first-order valence-corrected chi connectivity index (χ1v) is 10.0. The summed E-state index contributed by atoms with van der Waals surface area (Å²) in [6.45, 7) is 5.96. The van der Waals surface area contributed by atoms with Gasteiger partial charge in [-0.1, -0.05) is 0 Å². The van der Waals surface area contributed by atoms with Crippen molar-refractivity contribution in [3.63, 3.8) is 0 Å². The van der Waals surface area contributed by atoms with E-state index in [9.17, 15) is 18.0 Å². The summed E-state index contributed by atoms with van der Waals surface area (Å²) in [6.07, 6.45) is -0.284. The fraction of sp³-hybridized carbons (Fsp3) is 0.364. The van der Waals surface area contributed by atoms with E-state index in [1.165, 1.54) is 0 Å². The van der Waals surface area contributed by atoms with E-state index in [1.807, 2.05) is 13.8 Å². The van der Waals surface area contributed by atoms with Crippen LogP contribution < -0.4 is 4.74 Å². The number of carbonyl (C=O) groups excluding carboxylic acids is 1. The molecule has 3 aromatic rings. The molecule has 0 bridgehead atoms. The van der Waals surface area contributed by atoms with Crippen molar-refractivity contribution in [2.24, 2.45) is 7.05 Å². The van der Waals surface area contributed by atoms with Crippen LogP contribution in [0.2, 0.25) is 0 Å². The number of ether oxygens (including phenoxy) is 1. The summed E-state index contributed by atoms with van der Waals surface area (Å²) in [7, 11) is 1.78. The van der Waals surface area contributed by atoms with Gasteiger partial charge >= 0.3 is 6.18 Å². The summed E-state index contributed by atoms with van der Waals surface area (Å²) in [4.78, 5) is 23.1. The quantitative estimate of drug-likeness (QED) is 0.545. The highest BCUT2D eigenvalue weighted by molar-refractivity contribution is 5.99. The van der Waals surface area contributed by atoms with Crippen LogP contribution in [0.5, 0.6) is 5.88 Å². The van der Waals surface area contributed by atoms with Crippen LogP contribution in [0.25, 0.3) is 11.4 Å². The van der Waals surface area contributed by atoms with Crippen LogP contribution in [0.15, 0.2) is 42.9 Å². The lowest BCUT2D eigenvalue weighted by Crippen LogP contribution is -2.42. The van der Waals surface area contributed by atoms with Crippen LogP contribution in [-0.4, -0.2) is 49.7 Å². The standard InChI is InChI=1S/C22H24F3N5O2/c1-5-30(15(3)13-32-19-7-6-16(12-26-19)22(23,24)25)21(31)17-10-14(2)11-27-20(17)18-8-9-29(4)28-18/h6-12,15H,5,13H2,1-4H3/t15-/m0/s1. The smallest absolute Gasteiger partial charge is 0.417 e. The topological polar surface area (TPSA) is 73.1 Å². The lowest BCUT2D eigenvalue weighted by molar-refractivity contribution is -0.137. The van der Waals surface area contributed by atoms with E-state index in [1.54, 1.807) is 48.1 Å². The van der Waals surface area contributed by atoms with Crippen molar-refractivity contribution in [1.29, 1.82) is 0 Å². The van der Waals surface area contributed by atoms with Gasteiger partial charge in [-0.05, 0) is 44.5 Å². The average molecular weight is 447 g/mol. The summed E-state index contributed by atoms with van der Waals surface area (Å²) < 4.78 is 45.2. The van der Waals surface area contributed by atoms with Crippen molar-refractivity contribution in [1.82, 2.24) is 24.6 Å². The van der Waals surface area contributed by atoms with E-state index in [-0.39, 0.29) is 24.4 Å². The van der Waals surface area contributed by atoms with E-state index in [0.717, 1.165) is 23.9 Å². The molecular formula is C22H24F3N5O2. The summed E-state index contributed by atoms with van der Waals surface area (Å²) >= 11 is 0. The molecule has 0 aromatic carbocycles. The summed E-state index contributed by atoms with van der Waals surface area (Å²) in [6, 6.07) is 5.26. The van der Waals surface area contributed by atoms with E-state index in [4.69, 9.17) is 4.74 Å². The molecule has 3 heterocycles. The number of amides is 1. The number of hydrogen-bond acceptors (Lipinski definition) is 5. The first kappa shape index (κ1) is 23.2. The molecule has 0 aliphatic heterocycles. The van der Waals surface area contributed by atoms with Gasteiger partial charge in [0.05, 0.1) is 17.2 Å². The Kier molecular flexibility index (Phi) is 6.81. The van der Waals surface area contributed by atoms with Gasteiger partial charge in [0.25, 0.3) is 5.91 Å². The lowest BCUT2D eigenvalue weighted by Gasteiger charge is -2.28. The Labute approximate surface area is 183 Å². The van der Waals surface area contributed by atoms with E-state index in [0.29, 0.717) is 23.5 Å². The molecule has 0 radical (unpaired) electrons. The SMILES string of the molecule is CCN(C(=O)c1cc(C)cnc1-c1ccn(C)n1)[C@@H](C)COc1ccc(C(F)(F)F)cn1. The minimum Gasteiger partial charge on any atom is -0.475 e. The third kappa shape index (κ3) is 5.24. The molecule has 170 valence electrons. The molecule has 3 rings (SSSR count). The molecule has 0 spiro atoms. The zero-order valence-corrected chi connectivity index (χ0v) is 18.2. The highest BCUT2D eigenvalue weighted by Gasteiger charge is 2.31. The molecule has 0 saturated heterocycles. The first-order valence-electron chi connectivity index (χ1n) is 10.0. The van der Waals surface area contributed by atoms with Gasteiger partial charge in [0.1, 0.15) is 18.0 Å². The maximum atomic E-state index is 13.4. The number of hydrogen-bond donors (Lipinski definition) is 0. The number of halogens is 3. The normalized spacial score (nSPS) is 12.5. The summed E-state index contributed by atoms with van der Waals surface area (Å²) in [5.41, 5.74) is 1.48. The maximum absolute atomic E-state index is 13.4. The molecule has 0 fully saturated rings. The number of alkyl halides is 3. The number of aromatic nitrogens is 4. The Bertz CT molecular complexity index is 1080. The molecule has 7 nitrogen and oxygen atoms in total. The van der Waals surface area contributed by atoms with Crippen LogP contribution >= 0.6 is 0 Å². The Balaban J connectivity index is 1.76. The summed E-state index contributed by atoms with van der Waals surface area (Å²) in [5.74, 6) is -0.180. The highest BCUT2D eigenvalue weighted by Crippen LogP contribution is 2.29. The van der Waals surface area contributed by atoms with Crippen molar-refractivity contribution >= 4 is 5.91 Å². The van der Waals surface area contributed by atoms with Gasteiger partial charge in [0.15, 0.2) is 0 Å². The van der Waals surface area contributed by atoms with Gasteiger partial charge < -0.3 is 9.64 Å². The number of likely N-dealkylation sites (N-methyl/N-ethyl adjacent to an activating group) is 1. The molecule has 10 heteroatoms. The molecule has 1 amide bonds. The molecule has 0 saturated carbocycles. The zero-order chi connectivity index (χ0) is 23.5. The summed E-state index contributed by atoms with van der Waals surface area (Å²) in [5, 5.41) is 4.35. The number of aryl methyl sites for hydroxylation is 2. The highest BCUT2D eigenvalue weighted by atomic mass is 19.4. The zero-order valence-electron chi connectivity index (χ0n) is 18.2. The van der Waals surface area contributed by atoms with E-state index < -0.39 is 11.7 Å². The predicted molar refractivity (Wildman–Crippen MR) is 112 cm³/mol. The molecule has 0 N–H and O–H groups in total. The Morgan fingerprint density at radius 3 is 2.53 bits per heavy atom. The van der Waals surface area contributed by atoms with Gasteiger partial charge in [-0.25, -0.2) is 4.98 Å². The van der Waals surface area contributed by atoms with E-state index >= 15 is 0 Å². The number of pyridine rings is 2. The van der Waals surface area contributed by atoms with Crippen molar-refractivity contribution in [2.75, 3.05) is 13.2 Å². The molecule has 3 aromatic heterocycles. The van der Waals surface area contributed by atoms with Crippen LogP contribution in [0.4, 0.5) is 13.2 Å². The van der Waals surface area contributed by atoms with E-state index in [2.05, 4.69) is 15.1 Å². The molecular weight excluding hydrogens is 423 g/mol. The van der Waals surface area contributed by atoms with Crippen molar-refractivity contribution in [3.05, 3.63) is 59.5 Å². The minimum absolute atomic E-state index is 0.0553. The molecule has 0 unspecified atom stereocenters. The number of carbonyl (C=O) groups is 1. The monoisotopic (exact) mass is 447 g/mol. The van der Waals surface area contributed by atoms with Gasteiger partial charge in [-0.3, -0.25) is 14.5 Å². The van der Waals surface area contributed by atoms with Crippen LogP contribution in [0.1, 0.15) is 35.3 Å². The Morgan fingerprint density at radius 2 is 1.97 bits per heavy atom. The third-order valence-corrected chi connectivity index (χ3v) is 4.88. The predicted octanol–water partition coefficient (Wildman–Crippen LogP) is 4.13. The number of rotatable bonds is 7. The second-order valence-corrected chi connectivity index (χ2v) is 7.42. The largest absolute Gasteiger partial charge is 0.475 e. The molecule has 0 aliphatic carbocycles. The van der Waals surface area contributed by atoms with Gasteiger partial charge in [-0.2, -0.15) is 18.3 Å². The second kappa shape index (κ2) is 9.37. The van der Waals surface area contributed by atoms with Crippen LogP contribution in [-0.2, 0) is 13.2 Å². The van der Waals surface area contributed by atoms with Crippen molar-refractivity contribution in [2.45, 2.75) is 33.0 Å². The van der Waals surface area contributed by atoms with Gasteiger partial charge in [0.2, 0.25) is 5.88 Å². The van der Waals surface area contributed by atoms with Crippen molar-refractivity contribution in [3.8, 4) is 17.3 Å². The fourth-order valence-corrected chi connectivity index (χ4v) is 3.22. The molecule has 32 heavy (non-hydrogen) atoms. The average Bonchev–Trinajstić information content (AvgIpc) is 3.18. The van der Waals surface area contributed by atoms with Crippen LogP contribution in [0.3, 0.4) is 0 Å². The van der Waals surface area contributed by atoms with Gasteiger partial charge in [0, 0.05) is 38.2 Å². The Hall–Kier alpha value is -3.43. The lowest BCUT2D eigenvalue weighted by atomic mass is 10.1. The Morgan fingerprint density at radius 1 is 1.22 bits per heavy atom. The third-order valence-electron chi connectivity index (χ3n) is 4.88. The van der Waals surface area contributed by atoms with Gasteiger partial charge in [-0.15, -0.1) is 0 Å². The second-order valence-electron chi connectivity index (χ2n) is 7.42.